The summed E-state index contributed by atoms with van der Waals surface area (Å²) >= 11 is 0. The maximum Gasteiger partial charge on any atom is 0.122 e. The molecule has 0 aromatic heterocycles. The molecule has 102 valence electrons. The number of hydrogen-bond donors (Lipinski definition) is 1. The quantitative estimate of drug-likeness (QED) is 0.879. The van der Waals surface area contributed by atoms with Crippen LogP contribution in [0.2, 0.25) is 0 Å². The molecule has 1 N–H and O–H groups in total. The van der Waals surface area contributed by atoms with Gasteiger partial charge in [-0.25, -0.2) is 0 Å². The molecule has 4 nitrogen and oxygen atoms in total. The zero-order valence-corrected chi connectivity index (χ0v) is 11.7. The van der Waals surface area contributed by atoms with Crippen molar-refractivity contribution in [2.24, 2.45) is 5.41 Å². The average Bonchev–Trinajstić information content (AvgIpc) is 2.38. The minimum Gasteiger partial charge on any atom is -0.496 e. The van der Waals surface area contributed by atoms with Gasteiger partial charge in [-0.3, -0.25) is 0 Å². The molecule has 0 atom stereocenters. The Bertz CT molecular complexity index is 502. The summed E-state index contributed by atoms with van der Waals surface area (Å²) in [6, 6.07) is 6.40. The first-order chi connectivity index (χ1) is 9.12. The molecule has 0 bridgehead atoms. The van der Waals surface area contributed by atoms with E-state index in [2.05, 4.69) is 31.3 Å². The number of hydrogen-bond acceptors (Lipinski definition) is 4. The second-order valence-electron chi connectivity index (χ2n) is 5.17. The molecular weight excluding hydrogens is 240 g/mol. The third kappa shape index (κ3) is 2.73. The summed E-state index contributed by atoms with van der Waals surface area (Å²) in [7, 11) is 1.69. The van der Waals surface area contributed by atoms with Crippen LogP contribution >= 0.6 is 0 Å². The zero-order chi connectivity index (χ0) is 13.9. The van der Waals surface area contributed by atoms with Crippen LogP contribution in [0.3, 0.4) is 0 Å². The molecule has 1 fully saturated rings. The molecule has 0 amide bonds. The fourth-order valence-electron chi connectivity index (χ4n) is 2.26. The van der Waals surface area contributed by atoms with Crippen LogP contribution in [0, 0.1) is 30.6 Å². The molecule has 0 spiro atoms. The first-order valence-corrected chi connectivity index (χ1v) is 6.45. The topological polar surface area (TPSA) is 54.3 Å². The van der Waals surface area contributed by atoms with E-state index in [-0.39, 0.29) is 5.41 Å². The number of rotatable bonds is 5. The van der Waals surface area contributed by atoms with Crippen molar-refractivity contribution in [3.63, 3.8) is 0 Å². The smallest absolute Gasteiger partial charge is 0.122 e. The summed E-state index contributed by atoms with van der Waals surface area (Å²) in [4.78, 5) is 0. The largest absolute Gasteiger partial charge is 0.496 e. The SMILES string of the molecule is COc1ccc(CNCC2(C#N)COC2)c(C)c1C. The van der Waals surface area contributed by atoms with Gasteiger partial charge in [0, 0.05) is 13.1 Å². The molecule has 19 heavy (non-hydrogen) atoms. The lowest BCUT2D eigenvalue weighted by molar-refractivity contribution is -0.0755. The Labute approximate surface area is 114 Å². The second-order valence-corrected chi connectivity index (χ2v) is 5.17. The maximum absolute atomic E-state index is 9.11. The van der Waals surface area contributed by atoms with Gasteiger partial charge in [-0.2, -0.15) is 5.26 Å². The normalized spacial score (nSPS) is 16.5. The van der Waals surface area contributed by atoms with E-state index in [1.165, 1.54) is 16.7 Å². The Balaban J connectivity index is 1.97. The predicted molar refractivity (Wildman–Crippen MR) is 73.0 cm³/mol. The molecule has 0 aliphatic carbocycles. The van der Waals surface area contributed by atoms with E-state index in [4.69, 9.17) is 14.7 Å². The van der Waals surface area contributed by atoms with Crippen LogP contribution in [0.5, 0.6) is 5.75 Å². The summed E-state index contributed by atoms with van der Waals surface area (Å²) in [5.41, 5.74) is 3.33. The highest BCUT2D eigenvalue weighted by molar-refractivity contribution is 5.43. The molecular formula is C15H20N2O2. The molecule has 4 heteroatoms. The molecule has 1 aliphatic rings. The fourth-order valence-corrected chi connectivity index (χ4v) is 2.26. The van der Waals surface area contributed by atoms with E-state index < -0.39 is 0 Å². The van der Waals surface area contributed by atoms with Gasteiger partial charge in [0.05, 0.1) is 26.4 Å². The van der Waals surface area contributed by atoms with Crippen LogP contribution in [-0.4, -0.2) is 26.9 Å². The van der Waals surface area contributed by atoms with Crippen molar-refractivity contribution in [3.05, 3.63) is 28.8 Å². The third-order valence-corrected chi connectivity index (χ3v) is 3.84. The minimum atomic E-state index is -0.324. The van der Waals surface area contributed by atoms with Gasteiger partial charge in [-0.15, -0.1) is 0 Å². The van der Waals surface area contributed by atoms with Gasteiger partial charge >= 0.3 is 0 Å². The van der Waals surface area contributed by atoms with Crippen molar-refractivity contribution in [1.29, 1.82) is 5.26 Å². The van der Waals surface area contributed by atoms with Gasteiger partial charge in [0.1, 0.15) is 11.2 Å². The molecule has 1 aliphatic heterocycles. The molecule has 1 heterocycles. The van der Waals surface area contributed by atoms with Gasteiger partial charge in [0.15, 0.2) is 0 Å². The monoisotopic (exact) mass is 260 g/mol. The number of benzene rings is 1. The van der Waals surface area contributed by atoms with Gasteiger partial charge in [0.25, 0.3) is 0 Å². The molecule has 1 aromatic carbocycles. The van der Waals surface area contributed by atoms with Crippen LogP contribution in [-0.2, 0) is 11.3 Å². The number of ether oxygens (including phenoxy) is 2. The van der Waals surface area contributed by atoms with E-state index >= 15 is 0 Å². The lowest BCUT2D eigenvalue weighted by atomic mass is 9.88. The Morgan fingerprint density at radius 2 is 2.11 bits per heavy atom. The first-order valence-electron chi connectivity index (χ1n) is 6.45. The highest BCUT2D eigenvalue weighted by Crippen LogP contribution is 2.26. The molecule has 0 saturated carbocycles. The summed E-state index contributed by atoms with van der Waals surface area (Å²) < 4.78 is 10.4. The van der Waals surface area contributed by atoms with Crippen LogP contribution in [0.25, 0.3) is 0 Å². The summed E-state index contributed by atoms with van der Waals surface area (Å²) in [5.74, 6) is 0.919. The summed E-state index contributed by atoms with van der Waals surface area (Å²) in [6.45, 7) is 6.68. The van der Waals surface area contributed by atoms with Crippen molar-refractivity contribution in [2.75, 3.05) is 26.9 Å². The molecule has 0 unspecified atom stereocenters. The number of methoxy groups -OCH3 is 1. The van der Waals surface area contributed by atoms with Gasteiger partial charge in [-0.1, -0.05) is 6.07 Å². The van der Waals surface area contributed by atoms with Crippen molar-refractivity contribution in [1.82, 2.24) is 5.32 Å². The Kier molecular flexibility index (Phi) is 4.08. The van der Waals surface area contributed by atoms with Gasteiger partial charge < -0.3 is 14.8 Å². The van der Waals surface area contributed by atoms with Crippen molar-refractivity contribution in [2.45, 2.75) is 20.4 Å². The van der Waals surface area contributed by atoms with E-state index in [1.54, 1.807) is 7.11 Å². The van der Waals surface area contributed by atoms with Crippen molar-refractivity contribution < 1.29 is 9.47 Å². The standard InChI is InChI=1S/C15H20N2O2/c1-11-12(2)14(18-3)5-4-13(11)6-17-8-15(7-16)9-19-10-15/h4-5,17H,6,8-10H2,1-3H3. The second kappa shape index (κ2) is 5.60. The maximum atomic E-state index is 9.11. The molecule has 0 radical (unpaired) electrons. The lowest BCUT2D eigenvalue weighted by Crippen LogP contribution is -2.48. The Morgan fingerprint density at radius 3 is 2.63 bits per heavy atom. The number of nitriles is 1. The van der Waals surface area contributed by atoms with Crippen LogP contribution in [0.1, 0.15) is 16.7 Å². The Morgan fingerprint density at radius 1 is 1.37 bits per heavy atom. The van der Waals surface area contributed by atoms with E-state index in [9.17, 15) is 0 Å². The Hall–Kier alpha value is -1.57. The van der Waals surface area contributed by atoms with Crippen LogP contribution < -0.4 is 10.1 Å². The summed E-state index contributed by atoms with van der Waals surface area (Å²) in [6.07, 6.45) is 0. The first kappa shape index (κ1) is 13.9. The predicted octanol–water partition coefficient (Wildman–Crippen LogP) is 1.94. The van der Waals surface area contributed by atoms with Crippen LogP contribution in [0.4, 0.5) is 0 Å². The van der Waals surface area contributed by atoms with E-state index in [0.29, 0.717) is 19.8 Å². The lowest BCUT2D eigenvalue weighted by Gasteiger charge is -2.35. The molecule has 2 rings (SSSR count). The molecule has 1 aromatic rings. The van der Waals surface area contributed by atoms with Gasteiger partial charge in [0.2, 0.25) is 0 Å². The molecule has 1 saturated heterocycles. The number of nitrogens with zero attached hydrogens (tertiary/aromatic N) is 1. The highest BCUT2D eigenvalue weighted by Gasteiger charge is 2.38. The van der Waals surface area contributed by atoms with E-state index in [1.807, 2.05) is 6.07 Å². The minimum absolute atomic E-state index is 0.324. The average molecular weight is 260 g/mol. The van der Waals surface area contributed by atoms with Crippen molar-refractivity contribution in [3.8, 4) is 11.8 Å². The van der Waals surface area contributed by atoms with E-state index in [0.717, 1.165) is 12.3 Å². The van der Waals surface area contributed by atoms with Crippen molar-refractivity contribution >= 4 is 0 Å². The van der Waals surface area contributed by atoms with Crippen LogP contribution in [0.15, 0.2) is 12.1 Å². The third-order valence-electron chi connectivity index (χ3n) is 3.84. The summed E-state index contributed by atoms with van der Waals surface area (Å²) in [5, 5.41) is 12.5. The fraction of sp³-hybridized carbons (Fsp3) is 0.533. The number of nitrogens with one attached hydrogen (secondary N) is 1. The highest BCUT2D eigenvalue weighted by atomic mass is 16.5. The zero-order valence-electron chi connectivity index (χ0n) is 11.7. The van der Waals surface area contributed by atoms with Gasteiger partial charge in [-0.05, 0) is 36.6 Å².